The number of hydrogen-bond acceptors (Lipinski definition) is 4. The number of aromatic nitrogens is 3. The highest BCUT2D eigenvalue weighted by Gasteiger charge is 2.31. The molecule has 0 spiro atoms. The Hall–Kier alpha value is -6.22. The highest BCUT2D eigenvalue weighted by Crippen LogP contribution is 2.36. The molecule has 2 amide bonds. The summed E-state index contributed by atoms with van der Waals surface area (Å²) in [5.41, 5.74) is 6.33. The Bertz CT molecular complexity index is 2410. The lowest BCUT2D eigenvalue weighted by Gasteiger charge is -2.35. The van der Waals surface area contributed by atoms with Crippen molar-refractivity contribution in [3.8, 4) is 17.0 Å². The number of carbonyl (C=O) groups excluding carboxylic acids is 2. The summed E-state index contributed by atoms with van der Waals surface area (Å²) in [5, 5.41) is 10.9. The summed E-state index contributed by atoms with van der Waals surface area (Å²) in [4.78, 5) is 37.1. The van der Waals surface area contributed by atoms with Gasteiger partial charge in [-0.2, -0.15) is 0 Å². The van der Waals surface area contributed by atoms with E-state index in [0.717, 1.165) is 23.0 Å². The first-order valence-corrected chi connectivity index (χ1v) is 16.1. The average Bonchev–Trinajstić information content (AvgIpc) is 3.69. The summed E-state index contributed by atoms with van der Waals surface area (Å²) in [6.07, 6.45) is 6.08. The molecule has 8 nitrogen and oxygen atoms in total. The molecule has 0 saturated heterocycles. The molecule has 0 saturated carbocycles. The van der Waals surface area contributed by atoms with E-state index in [1.165, 1.54) is 35.9 Å². The van der Waals surface area contributed by atoms with Crippen molar-refractivity contribution < 1.29 is 19.1 Å². The molecule has 3 aromatic carbocycles. The molecular weight excluding hydrogens is 617 g/mol. The highest BCUT2D eigenvalue weighted by molar-refractivity contribution is 6.16. The van der Waals surface area contributed by atoms with E-state index >= 15 is 4.39 Å². The second-order valence-electron chi connectivity index (χ2n) is 12.5. The maximum absolute atomic E-state index is 15.1. The van der Waals surface area contributed by atoms with Crippen LogP contribution in [0.2, 0.25) is 0 Å². The summed E-state index contributed by atoms with van der Waals surface area (Å²) >= 11 is 0. The first-order chi connectivity index (χ1) is 23.8. The van der Waals surface area contributed by atoms with Gasteiger partial charge in [-0.3, -0.25) is 14.5 Å². The Labute approximate surface area is 281 Å². The number of hydrogen-bond donors (Lipinski definition) is 1. The molecule has 0 radical (unpaired) electrons. The van der Waals surface area contributed by atoms with Crippen LogP contribution in [0.3, 0.4) is 0 Å². The fraction of sp³-hybridized carbons (Fsp3) is 0.125. The van der Waals surface area contributed by atoms with Crippen LogP contribution in [0.4, 0.5) is 15.8 Å². The number of halogens is 1. The van der Waals surface area contributed by atoms with Crippen LogP contribution in [0.5, 0.6) is 5.75 Å². The third-order valence-corrected chi connectivity index (χ3v) is 9.42. The van der Waals surface area contributed by atoms with Crippen molar-refractivity contribution in [3.05, 3.63) is 150 Å². The van der Waals surface area contributed by atoms with Crippen LogP contribution in [0.1, 0.15) is 38.8 Å². The van der Waals surface area contributed by atoms with Crippen molar-refractivity contribution in [3.63, 3.8) is 0 Å². The summed E-state index contributed by atoms with van der Waals surface area (Å²) in [7, 11) is 1.91. The van der Waals surface area contributed by atoms with Gasteiger partial charge < -0.3 is 19.0 Å². The molecule has 49 heavy (non-hydrogen) atoms. The number of nitrogens with zero attached hydrogens (tertiary/aromatic N) is 5. The largest absolute Gasteiger partial charge is 0.508 e. The van der Waals surface area contributed by atoms with Gasteiger partial charge in [0.25, 0.3) is 11.8 Å². The molecule has 8 rings (SSSR count). The molecular formula is C40H32FN5O3. The minimum Gasteiger partial charge on any atom is -0.508 e. The third-order valence-electron chi connectivity index (χ3n) is 9.42. The normalized spacial score (nSPS) is 14.3. The van der Waals surface area contributed by atoms with Crippen molar-refractivity contribution in [2.24, 2.45) is 7.05 Å². The van der Waals surface area contributed by atoms with Gasteiger partial charge in [0, 0.05) is 54.2 Å². The highest BCUT2D eigenvalue weighted by atomic mass is 19.1. The smallest absolute Gasteiger partial charge is 0.265 e. The molecule has 1 aliphatic rings. The molecule has 242 valence electrons. The number of pyridine rings is 2. The van der Waals surface area contributed by atoms with Gasteiger partial charge in [-0.25, -0.2) is 9.37 Å². The van der Waals surface area contributed by atoms with E-state index in [4.69, 9.17) is 0 Å². The SMILES string of the molecule is C[C@@H]1Cc2ccccc2CN1C(=O)c1ccc(F)cc1-c1cc(C(=O)N(c2ccc(O)cc2)c2cnc3c(ccn3C)c2)c2ccccn12. The molecule has 0 aliphatic carbocycles. The monoisotopic (exact) mass is 649 g/mol. The number of anilines is 2. The quantitative estimate of drug-likeness (QED) is 0.206. The Kier molecular flexibility index (Phi) is 7.25. The second kappa shape index (κ2) is 11.8. The van der Waals surface area contributed by atoms with E-state index < -0.39 is 5.82 Å². The summed E-state index contributed by atoms with van der Waals surface area (Å²) in [6, 6.07) is 29.7. The fourth-order valence-corrected chi connectivity index (χ4v) is 6.92. The van der Waals surface area contributed by atoms with Gasteiger partial charge in [-0.05, 0) is 97.3 Å². The molecule has 1 N–H and O–H groups in total. The molecule has 0 unspecified atom stereocenters. The third kappa shape index (κ3) is 5.20. The van der Waals surface area contributed by atoms with Crippen molar-refractivity contribution in [1.29, 1.82) is 0 Å². The van der Waals surface area contributed by atoms with E-state index in [1.54, 1.807) is 29.3 Å². The molecule has 0 fully saturated rings. The molecule has 1 aliphatic heterocycles. The second-order valence-corrected chi connectivity index (χ2v) is 12.5. The number of phenolic OH excluding ortho intramolecular Hbond substituents is 1. The molecule has 5 heterocycles. The summed E-state index contributed by atoms with van der Waals surface area (Å²) in [5.74, 6) is -0.985. The Balaban J connectivity index is 1.26. The van der Waals surface area contributed by atoms with Crippen molar-refractivity contribution in [1.82, 2.24) is 18.9 Å². The van der Waals surface area contributed by atoms with Crippen LogP contribution in [-0.4, -0.2) is 41.8 Å². The van der Waals surface area contributed by atoms with Gasteiger partial charge in [0.15, 0.2) is 0 Å². The number of aryl methyl sites for hydroxylation is 1. The maximum atomic E-state index is 15.1. The Morgan fingerprint density at radius 2 is 1.63 bits per heavy atom. The van der Waals surface area contributed by atoms with Crippen LogP contribution in [-0.2, 0) is 20.0 Å². The van der Waals surface area contributed by atoms with Crippen molar-refractivity contribution >= 4 is 39.7 Å². The van der Waals surface area contributed by atoms with Crippen molar-refractivity contribution in [2.75, 3.05) is 4.90 Å². The molecule has 4 aromatic heterocycles. The Morgan fingerprint density at radius 1 is 0.857 bits per heavy atom. The van der Waals surface area contributed by atoms with Crippen LogP contribution in [0.15, 0.2) is 122 Å². The van der Waals surface area contributed by atoms with Gasteiger partial charge >= 0.3 is 0 Å². The number of carbonyl (C=O) groups is 2. The lowest BCUT2D eigenvalue weighted by Crippen LogP contribution is -2.42. The minimum atomic E-state index is -0.490. The summed E-state index contributed by atoms with van der Waals surface area (Å²) in [6.45, 7) is 2.48. The van der Waals surface area contributed by atoms with Crippen LogP contribution < -0.4 is 4.90 Å². The topological polar surface area (TPSA) is 83.1 Å². The number of aromatic hydroxyl groups is 1. The first kappa shape index (κ1) is 30.1. The number of fused-ring (bicyclic) bond motifs is 3. The van der Waals surface area contributed by atoms with Crippen molar-refractivity contribution in [2.45, 2.75) is 25.9 Å². The predicted octanol–water partition coefficient (Wildman–Crippen LogP) is 7.90. The lowest BCUT2D eigenvalue weighted by atomic mass is 9.93. The van der Waals surface area contributed by atoms with Crippen LogP contribution >= 0.6 is 0 Å². The zero-order valence-corrected chi connectivity index (χ0v) is 26.9. The number of benzene rings is 3. The van der Waals surface area contributed by atoms with E-state index in [2.05, 4.69) is 11.1 Å². The fourth-order valence-electron chi connectivity index (χ4n) is 6.92. The van der Waals surface area contributed by atoms with E-state index in [0.29, 0.717) is 45.8 Å². The number of phenols is 1. The average molecular weight is 650 g/mol. The molecule has 7 aromatic rings. The van der Waals surface area contributed by atoms with Gasteiger partial charge in [0.1, 0.15) is 17.2 Å². The van der Waals surface area contributed by atoms with E-state index in [-0.39, 0.29) is 23.6 Å². The molecule has 1 atom stereocenters. The lowest BCUT2D eigenvalue weighted by molar-refractivity contribution is 0.0659. The summed E-state index contributed by atoms with van der Waals surface area (Å²) < 4.78 is 18.8. The van der Waals surface area contributed by atoms with Crippen LogP contribution in [0, 0.1) is 5.82 Å². The van der Waals surface area contributed by atoms with Gasteiger partial charge in [-0.1, -0.05) is 30.3 Å². The first-order valence-electron chi connectivity index (χ1n) is 16.1. The Morgan fingerprint density at radius 3 is 2.45 bits per heavy atom. The van der Waals surface area contributed by atoms with Crippen LogP contribution in [0.25, 0.3) is 27.8 Å². The van der Waals surface area contributed by atoms with E-state index in [1.807, 2.05) is 88.8 Å². The van der Waals surface area contributed by atoms with Gasteiger partial charge in [0.05, 0.1) is 28.7 Å². The number of rotatable bonds is 5. The molecule has 9 heteroatoms. The zero-order valence-electron chi connectivity index (χ0n) is 26.9. The number of amides is 2. The molecule has 0 bridgehead atoms. The zero-order chi connectivity index (χ0) is 33.8. The van der Waals surface area contributed by atoms with E-state index in [9.17, 15) is 14.7 Å². The van der Waals surface area contributed by atoms with Gasteiger partial charge in [0.2, 0.25) is 0 Å². The predicted molar refractivity (Wildman–Crippen MR) is 188 cm³/mol. The maximum Gasteiger partial charge on any atom is 0.265 e. The standard InChI is InChI=1S/C40H32FN5O3/c1-25-19-26-7-3-4-8-28(26)24-45(25)39(48)33-15-10-29(41)21-34(33)37-22-35(36-9-5-6-17-44(36)37)40(49)46(30-11-13-32(47)14-12-30)31-20-27-16-18-43(2)38(27)42-23-31/h3-18,20-23,25,47H,19,24H2,1-2H3/t25-/m1/s1. The van der Waals surface area contributed by atoms with Gasteiger partial charge in [-0.15, -0.1) is 0 Å². The minimum absolute atomic E-state index is 0.0593.